The fraction of sp³-hybridized carbons (Fsp3) is 0.381. The normalized spacial score (nSPS) is 19.6. The first-order valence-corrected chi connectivity index (χ1v) is 11.7. The van der Waals surface area contributed by atoms with Crippen molar-refractivity contribution in [3.63, 3.8) is 0 Å². The lowest BCUT2D eigenvalue weighted by atomic mass is 10.2. The van der Waals surface area contributed by atoms with Gasteiger partial charge in [-0.15, -0.1) is 0 Å². The molecule has 1 amide bonds. The van der Waals surface area contributed by atoms with Gasteiger partial charge in [-0.2, -0.15) is 0 Å². The summed E-state index contributed by atoms with van der Waals surface area (Å²) in [7, 11) is -3.80. The molecular weight excluding hydrogens is 440 g/mol. The number of carbonyl (C=O) groups is 1. The number of amides is 1. The van der Waals surface area contributed by atoms with Gasteiger partial charge in [0, 0.05) is 25.7 Å². The average molecular weight is 462 g/mol. The Morgan fingerprint density at radius 3 is 2.56 bits per heavy atom. The summed E-state index contributed by atoms with van der Waals surface area (Å²) in [5.41, 5.74) is 0.736. The lowest BCUT2D eigenvalue weighted by Crippen LogP contribution is -2.50. The maximum atomic E-state index is 12.8. The third kappa shape index (κ3) is 4.18. The second kappa shape index (κ2) is 8.49. The van der Waals surface area contributed by atoms with Crippen LogP contribution in [0.2, 0.25) is 0 Å². The van der Waals surface area contributed by atoms with E-state index in [-0.39, 0.29) is 36.5 Å². The second-order valence-corrected chi connectivity index (χ2v) is 9.24. The number of carbonyl (C=O) groups excluding carboxylic acids is 1. The third-order valence-electron chi connectivity index (χ3n) is 5.39. The van der Waals surface area contributed by atoms with E-state index >= 15 is 0 Å². The number of fused-ring (bicyclic) bond motifs is 2. The highest BCUT2D eigenvalue weighted by Crippen LogP contribution is 2.35. The van der Waals surface area contributed by atoms with Gasteiger partial charge in [-0.05, 0) is 29.8 Å². The Balaban J connectivity index is 1.25. The van der Waals surface area contributed by atoms with Crippen LogP contribution in [0.4, 0.5) is 0 Å². The lowest BCUT2D eigenvalue weighted by Gasteiger charge is -2.32. The summed E-state index contributed by atoms with van der Waals surface area (Å²) in [6.07, 6.45) is -0.771. The Morgan fingerprint density at radius 1 is 0.969 bits per heavy atom. The Kier molecular flexibility index (Phi) is 5.53. The van der Waals surface area contributed by atoms with Crippen LogP contribution in [0.3, 0.4) is 0 Å². The van der Waals surface area contributed by atoms with Gasteiger partial charge in [0.2, 0.25) is 22.9 Å². The monoisotopic (exact) mass is 462 g/mol. The number of ether oxygens (including phenoxy) is 5. The van der Waals surface area contributed by atoms with Crippen molar-refractivity contribution in [3.05, 3.63) is 42.0 Å². The molecular formula is C21H22N2O8S. The molecule has 3 aliphatic rings. The van der Waals surface area contributed by atoms with Crippen molar-refractivity contribution in [2.45, 2.75) is 17.5 Å². The SMILES string of the molecule is O=C([C@@H]1COc2cc(S(=O)(=O)NCc3ccc4c(c3)OCO4)ccc2O1)N1CCOCC1. The van der Waals surface area contributed by atoms with Gasteiger partial charge in [0.05, 0.1) is 18.1 Å². The smallest absolute Gasteiger partial charge is 0.267 e. The van der Waals surface area contributed by atoms with Crippen molar-refractivity contribution in [2.75, 3.05) is 39.7 Å². The van der Waals surface area contributed by atoms with E-state index in [0.29, 0.717) is 43.6 Å². The van der Waals surface area contributed by atoms with E-state index in [1.807, 2.05) is 0 Å². The molecule has 1 saturated heterocycles. The van der Waals surface area contributed by atoms with Gasteiger partial charge < -0.3 is 28.6 Å². The molecule has 0 aliphatic carbocycles. The summed E-state index contributed by atoms with van der Waals surface area (Å²) >= 11 is 0. The summed E-state index contributed by atoms with van der Waals surface area (Å²) in [4.78, 5) is 14.3. The maximum absolute atomic E-state index is 12.8. The van der Waals surface area contributed by atoms with Crippen LogP contribution in [-0.2, 0) is 26.1 Å². The fourth-order valence-electron chi connectivity index (χ4n) is 3.64. The molecule has 0 unspecified atom stereocenters. The van der Waals surface area contributed by atoms with Gasteiger partial charge in [-0.25, -0.2) is 13.1 Å². The number of nitrogens with one attached hydrogen (secondary N) is 1. The zero-order valence-electron chi connectivity index (χ0n) is 17.1. The predicted molar refractivity (Wildman–Crippen MR) is 110 cm³/mol. The lowest BCUT2D eigenvalue weighted by molar-refractivity contribution is -0.145. The molecule has 1 atom stereocenters. The van der Waals surface area contributed by atoms with Crippen LogP contribution in [-0.4, -0.2) is 65.0 Å². The first-order chi connectivity index (χ1) is 15.5. The zero-order chi connectivity index (χ0) is 22.1. The second-order valence-electron chi connectivity index (χ2n) is 7.48. The molecule has 2 aromatic rings. The van der Waals surface area contributed by atoms with Gasteiger partial charge >= 0.3 is 0 Å². The quantitative estimate of drug-likeness (QED) is 0.697. The van der Waals surface area contributed by atoms with Crippen LogP contribution in [0.25, 0.3) is 0 Å². The van der Waals surface area contributed by atoms with E-state index < -0.39 is 16.1 Å². The number of morpholine rings is 1. The van der Waals surface area contributed by atoms with Crippen LogP contribution >= 0.6 is 0 Å². The molecule has 1 fully saturated rings. The summed E-state index contributed by atoms with van der Waals surface area (Å²) in [5.74, 6) is 1.66. The Hall–Kier alpha value is -3.02. The molecule has 0 bridgehead atoms. The fourth-order valence-corrected chi connectivity index (χ4v) is 4.67. The Morgan fingerprint density at radius 2 is 1.72 bits per heavy atom. The molecule has 2 aromatic carbocycles. The molecule has 32 heavy (non-hydrogen) atoms. The van der Waals surface area contributed by atoms with E-state index in [1.54, 1.807) is 23.1 Å². The predicted octanol–water partition coefficient (Wildman–Crippen LogP) is 0.892. The van der Waals surface area contributed by atoms with Crippen LogP contribution < -0.4 is 23.7 Å². The number of benzene rings is 2. The van der Waals surface area contributed by atoms with E-state index in [9.17, 15) is 13.2 Å². The number of nitrogens with zero attached hydrogens (tertiary/aromatic N) is 1. The third-order valence-corrected chi connectivity index (χ3v) is 6.79. The van der Waals surface area contributed by atoms with Gasteiger partial charge in [0.15, 0.2) is 23.0 Å². The highest BCUT2D eigenvalue weighted by molar-refractivity contribution is 7.89. The van der Waals surface area contributed by atoms with Gasteiger partial charge in [-0.1, -0.05) is 6.07 Å². The van der Waals surface area contributed by atoms with Crippen molar-refractivity contribution < 1.29 is 36.9 Å². The molecule has 3 heterocycles. The Bertz CT molecular complexity index is 1130. The van der Waals surface area contributed by atoms with E-state index in [4.69, 9.17) is 23.7 Å². The molecule has 10 nitrogen and oxygen atoms in total. The van der Waals surface area contributed by atoms with Crippen molar-refractivity contribution >= 4 is 15.9 Å². The van der Waals surface area contributed by atoms with E-state index in [2.05, 4.69) is 4.72 Å². The standard InChI is InChI=1S/C21H22N2O8S/c24-21(23-5-7-27-8-6-23)20-12-28-19-10-15(2-4-17(19)31-20)32(25,26)22-11-14-1-3-16-18(9-14)30-13-29-16/h1-4,9-10,20,22H,5-8,11-13H2/t20-/m0/s1. The summed E-state index contributed by atoms with van der Waals surface area (Å²) in [5, 5.41) is 0. The number of sulfonamides is 1. The summed E-state index contributed by atoms with van der Waals surface area (Å²) < 4.78 is 55.4. The minimum atomic E-state index is -3.80. The van der Waals surface area contributed by atoms with Crippen LogP contribution in [0.5, 0.6) is 23.0 Å². The van der Waals surface area contributed by atoms with E-state index in [1.165, 1.54) is 18.2 Å². The number of rotatable bonds is 5. The maximum Gasteiger partial charge on any atom is 0.267 e. The number of hydrogen-bond acceptors (Lipinski definition) is 8. The minimum absolute atomic E-state index is 0.0112. The summed E-state index contributed by atoms with van der Waals surface area (Å²) in [6, 6.07) is 9.57. The first kappa shape index (κ1) is 20.9. The molecule has 3 aliphatic heterocycles. The van der Waals surface area contributed by atoms with Crippen LogP contribution in [0.15, 0.2) is 41.3 Å². The molecule has 170 valence electrons. The molecule has 0 radical (unpaired) electrons. The van der Waals surface area contributed by atoms with E-state index in [0.717, 1.165) is 5.56 Å². The largest absolute Gasteiger partial charge is 0.485 e. The van der Waals surface area contributed by atoms with Crippen LogP contribution in [0.1, 0.15) is 5.56 Å². The highest BCUT2D eigenvalue weighted by Gasteiger charge is 2.32. The van der Waals surface area contributed by atoms with Gasteiger partial charge in [0.1, 0.15) is 6.61 Å². The molecule has 11 heteroatoms. The summed E-state index contributed by atoms with van der Waals surface area (Å²) in [6.45, 7) is 2.27. The van der Waals surface area contributed by atoms with Crippen molar-refractivity contribution in [2.24, 2.45) is 0 Å². The average Bonchev–Trinajstić information content (AvgIpc) is 3.30. The molecule has 5 rings (SSSR count). The van der Waals surface area contributed by atoms with Crippen molar-refractivity contribution in [3.8, 4) is 23.0 Å². The number of hydrogen-bond donors (Lipinski definition) is 1. The first-order valence-electron chi connectivity index (χ1n) is 10.2. The molecule has 1 N–H and O–H groups in total. The van der Waals surface area contributed by atoms with Gasteiger partial charge in [0.25, 0.3) is 5.91 Å². The Labute approximate surface area is 185 Å². The van der Waals surface area contributed by atoms with Crippen LogP contribution in [0, 0.1) is 0 Å². The topological polar surface area (TPSA) is 113 Å². The molecule has 0 saturated carbocycles. The van der Waals surface area contributed by atoms with Crippen molar-refractivity contribution in [1.82, 2.24) is 9.62 Å². The highest BCUT2D eigenvalue weighted by atomic mass is 32.2. The molecule has 0 spiro atoms. The van der Waals surface area contributed by atoms with Crippen molar-refractivity contribution in [1.29, 1.82) is 0 Å². The minimum Gasteiger partial charge on any atom is -0.485 e. The molecule has 0 aromatic heterocycles. The zero-order valence-corrected chi connectivity index (χ0v) is 17.9. The van der Waals surface area contributed by atoms with Gasteiger partial charge in [-0.3, -0.25) is 4.79 Å².